The molecule has 128 valence electrons. The van der Waals surface area contributed by atoms with Gasteiger partial charge in [-0.05, 0) is 37.6 Å². The Morgan fingerprint density at radius 2 is 2.12 bits per heavy atom. The van der Waals surface area contributed by atoms with E-state index in [0.717, 1.165) is 18.2 Å². The average molecular weight is 337 g/mol. The van der Waals surface area contributed by atoms with Gasteiger partial charge in [-0.25, -0.2) is 8.78 Å². The zero-order valence-electron chi connectivity index (χ0n) is 13.0. The molecule has 1 saturated heterocycles. The summed E-state index contributed by atoms with van der Waals surface area (Å²) in [6.45, 7) is 1.30. The van der Waals surface area contributed by atoms with E-state index in [-0.39, 0.29) is 36.7 Å². The third kappa shape index (κ3) is 2.92. The molecule has 0 radical (unpaired) electrons. The highest BCUT2D eigenvalue weighted by molar-refractivity contribution is 5.93. The van der Waals surface area contributed by atoms with E-state index in [0.29, 0.717) is 5.56 Å². The molecule has 24 heavy (non-hydrogen) atoms. The van der Waals surface area contributed by atoms with E-state index in [1.165, 1.54) is 11.0 Å². The third-order valence-corrected chi connectivity index (χ3v) is 4.18. The molecule has 0 bridgehead atoms. The smallest absolute Gasteiger partial charge is 0.290 e. The van der Waals surface area contributed by atoms with Crippen LogP contribution in [-0.2, 0) is 6.61 Å². The van der Waals surface area contributed by atoms with Crippen LogP contribution in [0.5, 0.6) is 0 Å². The van der Waals surface area contributed by atoms with Gasteiger partial charge in [0.05, 0.1) is 12.1 Å². The van der Waals surface area contributed by atoms with Crippen LogP contribution >= 0.6 is 0 Å². The van der Waals surface area contributed by atoms with Crippen LogP contribution in [0.15, 0.2) is 28.7 Å². The lowest BCUT2D eigenvalue weighted by atomic mass is 10.0. The van der Waals surface area contributed by atoms with Crippen LogP contribution in [0.4, 0.5) is 8.78 Å². The van der Waals surface area contributed by atoms with Crippen LogP contribution in [0.25, 0.3) is 0 Å². The number of β-amino-alcohol motifs (C(OH)–C–C–N with tert-alkyl or cyclic N) is 1. The summed E-state index contributed by atoms with van der Waals surface area (Å²) in [5, 5.41) is 19.0. The minimum atomic E-state index is -0.839. The van der Waals surface area contributed by atoms with Crippen LogP contribution in [-0.4, -0.2) is 33.7 Å². The molecular formula is C17H17F2NO4. The van der Waals surface area contributed by atoms with Crippen LogP contribution in [0.2, 0.25) is 0 Å². The average Bonchev–Trinajstić information content (AvgIpc) is 3.12. The largest absolute Gasteiger partial charge is 0.453 e. The zero-order chi connectivity index (χ0) is 17.4. The maximum absolute atomic E-state index is 14.1. The quantitative estimate of drug-likeness (QED) is 0.901. The van der Waals surface area contributed by atoms with Crippen LogP contribution in [0.3, 0.4) is 0 Å². The lowest BCUT2D eigenvalue weighted by molar-refractivity contribution is 0.0676. The van der Waals surface area contributed by atoms with Gasteiger partial charge in [0.25, 0.3) is 5.91 Å². The number of likely N-dealkylation sites (tertiary alicyclic amines) is 1. The van der Waals surface area contributed by atoms with Gasteiger partial charge in [0, 0.05) is 17.7 Å². The molecule has 2 aromatic rings. The number of hydrogen-bond acceptors (Lipinski definition) is 4. The summed E-state index contributed by atoms with van der Waals surface area (Å²) < 4.78 is 32.9. The van der Waals surface area contributed by atoms with E-state index in [4.69, 9.17) is 9.52 Å². The second kappa shape index (κ2) is 6.33. The SMILES string of the molecule is Cc1cc(CO)oc1C(=O)N1C[C@H](O)C[C@@H]1c1cc(F)ccc1F. The van der Waals surface area contributed by atoms with Gasteiger partial charge in [-0.2, -0.15) is 0 Å². The van der Waals surface area contributed by atoms with E-state index in [1.54, 1.807) is 6.92 Å². The standard InChI is InChI=1S/C17H17F2NO4/c1-9-4-12(8-21)24-16(9)17(23)20-7-11(22)6-15(20)13-5-10(18)2-3-14(13)19/h2-5,11,15,21-22H,6-8H2,1H3/t11-,15-/m1/s1. The highest BCUT2D eigenvalue weighted by Crippen LogP contribution is 2.35. The van der Waals surface area contributed by atoms with Gasteiger partial charge in [0.2, 0.25) is 0 Å². The fraction of sp³-hybridized carbons (Fsp3) is 0.353. The number of aliphatic hydroxyl groups excluding tert-OH is 2. The number of halogens is 2. The normalized spacial score (nSPS) is 20.6. The monoisotopic (exact) mass is 337 g/mol. The molecular weight excluding hydrogens is 320 g/mol. The molecule has 1 aromatic heterocycles. The molecule has 1 aromatic carbocycles. The number of carbonyl (C=O) groups is 1. The lowest BCUT2D eigenvalue weighted by Crippen LogP contribution is -2.32. The molecule has 2 N–H and O–H groups in total. The summed E-state index contributed by atoms with van der Waals surface area (Å²) in [5.41, 5.74) is 0.551. The summed E-state index contributed by atoms with van der Waals surface area (Å²) in [5.74, 6) is -1.52. The summed E-state index contributed by atoms with van der Waals surface area (Å²) in [6.07, 6.45) is -0.729. The van der Waals surface area contributed by atoms with E-state index in [2.05, 4.69) is 0 Å². The van der Waals surface area contributed by atoms with E-state index >= 15 is 0 Å². The second-order valence-electron chi connectivity index (χ2n) is 5.91. The summed E-state index contributed by atoms with van der Waals surface area (Å²) in [4.78, 5) is 14.0. The maximum atomic E-state index is 14.1. The molecule has 1 aliphatic rings. The van der Waals surface area contributed by atoms with Gasteiger partial charge < -0.3 is 19.5 Å². The van der Waals surface area contributed by atoms with Crippen LogP contribution in [0.1, 0.15) is 39.9 Å². The van der Waals surface area contributed by atoms with Crippen LogP contribution < -0.4 is 0 Å². The van der Waals surface area contributed by atoms with Gasteiger partial charge in [0.15, 0.2) is 5.76 Å². The van der Waals surface area contributed by atoms with Gasteiger partial charge in [-0.3, -0.25) is 4.79 Å². The molecule has 0 unspecified atom stereocenters. The number of nitrogens with zero attached hydrogens (tertiary/aromatic N) is 1. The number of furan rings is 1. The predicted octanol–water partition coefficient (Wildman–Crippen LogP) is 2.31. The fourth-order valence-electron chi connectivity index (χ4n) is 3.07. The van der Waals surface area contributed by atoms with E-state index in [9.17, 15) is 18.7 Å². The van der Waals surface area contributed by atoms with Gasteiger partial charge in [0.1, 0.15) is 24.0 Å². The summed E-state index contributed by atoms with van der Waals surface area (Å²) in [7, 11) is 0. The number of benzene rings is 1. The first kappa shape index (κ1) is 16.6. The van der Waals surface area contributed by atoms with Crippen molar-refractivity contribution in [2.45, 2.75) is 32.1 Å². The minimum Gasteiger partial charge on any atom is -0.453 e. The molecule has 0 saturated carbocycles. The van der Waals surface area contributed by atoms with Crippen molar-refractivity contribution in [3.63, 3.8) is 0 Å². The van der Waals surface area contributed by atoms with Crippen molar-refractivity contribution >= 4 is 5.91 Å². The Labute approximate surface area is 137 Å². The Hall–Kier alpha value is -2.25. The van der Waals surface area contributed by atoms with Crippen molar-refractivity contribution in [2.24, 2.45) is 0 Å². The number of hydrogen-bond donors (Lipinski definition) is 2. The number of amides is 1. The van der Waals surface area contributed by atoms with Crippen molar-refractivity contribution < 1.29 is 28.2 Å². The van der Waals surface area contributed by atoms with Gasteiger partial charge >= 0.3 is 0 Å². The highest BCUT2D eigenvalue weighted by Gasteiger charge is 2.38. The molecule has 1 amide bonds. The Kier molecular flexibility index (Phi) is 4.38. The van der Waals surface area contributed by atoms with Gasteiger partial charge in [-0.1, -0.05) is 0 Å². The fourth-order valence-corrected chi connectivity index (χ4v) is 3.07. The Morgan fingerprint density at radius 1 is 1.38 bits per heavy atom. The number of carbonyl (C=O) groups excluding carboxylic acids is 1. The Morgan fingerprint density at radius 3 is 2.79 bits per heavy atom. The van der Waals surface area contributed by atoms with Crippen molar-refractivity contribution in [1.82, 2.24) is 4.90 Å². The van der Waals surface area contributed by atoms with Crippen molar-refractivity contribution in [3.8, 4) is 0 Å². The maximum Gasteiger partial charge on any atom is 0.290 e. The van der Waals surface area contributed by atoms with Crippen molar-refractivity contribution in [2.75, 3.05) is 6.54 Å². The molecule has 7 heteroatoms. The highest BCUT2D eigenvalue weighted by atomic mass is 19.1. The summed E-state index contributed by atoms with van der Waals surface area (Å²) in [6, 6.07) is 3.79. The molecule has 1 fully saturated rings. The Bertz CT molecular complexity index is 774. The first-order valence-electron chi connectivity index (χ1n) is 7.55. The molecule has 5 nitrogen and oxygen atoms in total. The molecule has 3 rings (SSSR count). The first-order valence-corrected chi connectivity index (χ1v) is 7.55. The van der Waals surface area contributed by atoms with E-state index < -0.39 is 29.7 Å². The number of rotatable bonds is 3. The molecule has 1 aliphatic heterocycles. The zero-order valence-corrected chi connectivity index (χ0v) is 13.0. The molecule has 0 aliphatic carbocycles. The molecule has 2 atom stereocenters. The lowest BCUT2D eigenvalue weighted by Gasteiger charge is -2.24. The predicted molar refractivity (Wildman–Crippen MR) is 80.1 cm³/mol. The third-order valence-electron chi connectivity index (χ3n) is 4.18. The van der Waals surface area contributed by atoms with Crippen molar-refractivity contribution in [1.29, 1.82) is 0 Å². The van der Waals surface area contributed by atoms with E-state index in [1.807, 2.05) is 0 Å². The second-order valence-corrected chi connectivity index (χ2v) is 5.91. The van der Waals surface area contributed by atoms with Crippen LogP contribution in [0, 0.1) is 18.6 Å². The molecule has 0 spiro atoms. The molecule has 2 heterocycles. The number of aryl methyl sites for hydroxylation is 1. The topological polar surface area (TPSA) is 73.9 Å². The minimum absolute atomic E-state index is 0.00590. The Balaban J connectivity index is 1.97. The summed E-state index contributed by atoms with van der Waals surface area (Å²) >= 11 is 0. The number of aliphatic hydroxyl groups is 2. The first-order chi connectivity index (χ1) is 11.4. The van der Waals surface area contributed by atoms with Crippen molar-refractivity contribution in [3.05, 3.63) is 58.5 Å². The van der Waals surface area contributed by atoms with Gasteiger partial charge in [-0.15, -0.1) is 0 Å².